The maximum atomic E-state index is 13.0. The summed E-state index contributed by atoms with van der Waals surface area (Å²) in [5.41, 5.74) is 2.07. The average Bonchev–Trinajstić information content (AvgIpc) is 3.31. The summed E-state index contributed by atoms with van der Waals surface area (Å²) >= 11 is 0. The molecule has 0 unspecified atom stereocenters. The Hall–Kier alpha value is -2.96. The SMILES string of the molecule is CC(C)[C@H]1c2nc(-c3ccccc3)nn2CCN1C(=O)CCc1ccnn1C. The molecule has 1 aliphatic rings. The summed E-state index contributed by atoms with van der Waals surface area (Å²) in [4.78, 5) is 19.9. The molecule has 1 atom stereocenters. The molecular formula is C21H26N6O. The zero-order valence-electron chi connectivity index (χ0n) is 16.6. The second kappa shape index (κ2) is 7.58. The molecule has 1 amide bonds. The highest BCUT2D eigenvalue weighted by atomic mass is 16.2. The molecule has 0 aliphatic carbocycles. The number of carbonyl (C=O) groups excluding carboxylic acids is 1. The fourth-order valence-corrected chi connectivity index (χ4v) is 3.89. The van der Waals surface area contributed by atoms with Crippen LogP contribution in [0.2, 0.25) is 0 Å². The summed E-state index contributed by atoms with van der Waals surface area (Å²) in [5, 5.41) is 8.88. The van der Waals surface area contributed by atoms with Crippen LogP contribution in [-0.2, 0) is 24.8 Å². The average molecular weight is 378 g/mol. The maximum absolute atomic E-state index is 13.0. The predicted octanol–water partition coefficient (Wildman–Crippen LogP) is 2.85. The Morgan fingerprint density at radius 2 is 1.96 bits per heavy atom. The number of rotatable bonds is 5. The quantitative estimate of drug-likeness (QED) is 0.685. The van der Waals surface area contributed by atoms with Gasteiger partial charge in [-0.1, -0.05) is 44.2 Å². The summed E-state index contributed by atoms with van der Waals surface area (Å²) in [6, 6.07) is 11.9. The van der Waals surface area contributed by atoms with Crippen molar-refractivity contribution in [2.75, 3.05) is 6.54 Å². The van der Waals surface area contributed by atoms with Crippen LogP contribution in [0.4, 0.5) is 0 Å². The van der Waals surface area contributed by atoms with E-state index in [-0.39, 0.29) is 17.9 Å². The van der Waals surface area contributed by atoms with Crippen molar-refractivity contribution in [2.24, 2.45) is 13.0 Å². The molecule has 2 aromatic heterocycles. The van der Waals surface area contributed by atoms with E-state index < -0.39 is 0 Å². The van der Waals surface area contributed by atoms with Crippen molar-refractivity contribution in [3.63, 3.8) is 0 Å². The van der Waals surface area contributed by atoms with E-state index in [0.29, 0.717) is 25.9 Å². The van der Waals surface area contributed by atoms with Crippen LogP contribution in [0.15, 0.2) is 42.6 Å². The molecule has 0 spiro atoms. The number of carbonyl (C=O) groups is 1. The first-order valence-corrected chi connectivity index (χ1v) is 9.81. The lowest BCUT2D eigenvalue weighted by atomic mass is 9.99. The van der Waals surface area contributed by atoms with Gasteiger partial charge in [0.15, 0.2) is 11.6 Å². The Morgan fingerprint density at radius 3 is 2.64 bits per heavy atom. The van der Waals surface area contributed by atoms with E-state index in [1.54, 1.807) is 6.20 Å². The molecule has 0 saturated carbocycles. The topological polar surface area (TPSA) is 68.8 Å². The van der Waals surface area contributed by atoms with Crippen molar-refractivity contribution in [2.45, 2.75) is 39.3 Å². The van der Waals surface area contributed by atoms with Crippen molar-refractivity contribution >= 4 is 5.91 Å². The molecule has 1 aromatic carbocycles. The van der Waals surface area contributed by atoms with Gasteiger partial charge in [-0.05, 0) is 18.4 Å². The van der Waals surface area contributed by atoms with Crippen molar-refractivity contribution in [1.29, 1.82) is 0 Å². The lowest BCUT2D eigenvalue weighted by Crippen LogP contribution is -2.44. The predicted molar refractivity (Wildman–Crippen MR) is 106 cm³/mol. The van der Waals surface area contributed by atoms with Gasteiger partial charge < -0.3 is 4.90 Å². The number of aryl methyl sites for hydroxylation is 2. The highest BCUT2D eigenvalue weighted by Crippen LogP contribution is 2.32. The third kappa shape index (κ3) is 3.44. The molecule has 7 nitrogen and oxygen atoms in total. The van der Waals surface area contributed by atoms with Crippen molar-refractivity contribution in [3.8, 4) is 11.4 Å². The van der Waals surface area contributed by atoms with E-state index in [9.17, 15) is 4.79 Å². The number of amides is 1. The van der Waals surface area contributed by atoms with Gasteiger partial charge in [-0.3, -0.25) is 9.48 Å². The van der Waals surface area contributed by atoms with Gasteiger partial charge in [0.25, 0.3) is 0 Å². The van der Waals surface area contributed by atoms with E-state index in [1.807, 2.05) is 57.7 Å². The Morgan fingerprint density at radius 1 is 1.18 bits per heavy atom. The molecule has 0 fully saturated rings. The number of nitrogens with zero attached hydrogens (tertiary/aromatic N) is 6. The second-order valence-corrected chi connectivity index (χ2v) is 7.60. The van der Waals surface area contributed by atoms with Gasteiger partial charge in [-0.2, -0.15) is 10.2 Å². The number of aromatic nitrogens is 5. The lowest BCUT2D eigenvalue weighted by Gasteiger charge is -2.37. The minimum Gasteiger partial charge on any atom is -0.330 e. The summed E-state index contributed by atoms with van der Waals surface area (Å²) in [5.74, 6) is 2.03. The molecule has 3 aromatic rings. The minimum absolute atomic E-state index is 0.0576. The Bertz CT molecular complexity index is 958. The number of hydrogen-bond donors (Lipinski definition) is 0. The van der Waals surface area contributed by atoms with Crippen molar-refractivity contribution < 1.29 is 4.79 Å². The third-order valence-corrected chi connectivity index (χ3v) is 5.35. The first kappa shape index (κ1) is 18.4. The first-order chi connectivity index (χ1) is 13.5. The normalized spacial score (nSPS) is 16.4. The zero-order chi connectivity index (χ0) is 19.7. The molecule has 146 valence electrons. The maximum Gasteiger partial charge on any atom is 0.223 e. The molecule has 1 aliphatic heterocycles. The highest BCUT2D eigenvalue weighted by Gasteiger charge is 2.35. The summed E-state index contributed by atoms with van der Waals surface area (Å²) in [6.07, 6.45) is 2.94. The van der Waals surface area contributed by atoms with Gasteiger partial charge in [0.05, 0.1) is 12.6 Å². The van der Waals surface area contributed by atoms with Gasteiger partial charge in [-0.25, -0.2) is 9.67 Å². The molecule has 0 radical (unpaired) electrons. The van der Waals surface area contributed by atoms with Crippen molar-refractivity contribution in [3.05, 3.63) is 54.1 Å². The van der Waals surface area contributed by atoms with Gasteiger partial charge in [0.1, 0.15) is 0 Å². The van der Waals surface area contributed by atoms with Crippen LogP contribution in [-0.4, -0.2) is 41.9 Å². The standard InChI is InChI=1S/C21H26N6O/c1-15(2)19-21-23-20(16-7-5-4-6-8-16)24-27(21)14-13-26(19)18(28)10-9-17-11-12-22-25(17)3/h4-8,11-12,15,19H,9-10,13-14H2,1-3H3/t19-/m0/s1. The van der Waals surface area contributed by atoms with Crippen LogP contribution in [0.5, 0.6) is 0 Å². The first-order valence-electron chi connectivity index (χ1n) is 9.81. The molecule has 7 heteroatoms. The van der Waals surface area contributed by atoms with E-state index in [1.165, 1.54) is 0 Å². The lowest BCUT2D eigenvalue weighted by molar-refractivity contribution is -0.136. The van der Waals surface area contributed by atoms with Crippen molar-refractivity contribution in [1.82, 2.24) is 29.4 Å². The fraction of sp³-hybridized carbons (Fsp3) is 0.429. The molecule has 0 saturated heterocycles. The molecule has 28 heavy (non-hydrogen) atoms. The van der Waals surface area contributed by atoms with Crippen LogP contribution in [0.1, 0.15) is 37.8 Å². The monoisotopic (exact) mass is 378 g/mol. The number of hydrogen-bond acceptors (Lipinski definition) is 4. The molecular weight excluding hydrogens is 352 g/mol. The van der Waals surface area contributed by atoms with Crippen LogP contribution in [0.3, 0.4) is 0 Å². The summed E-state index contributed by atoms with van der Waals surface area (Å²) in [7, 11) is 1.91. The third-order valence-electron chi connectivity index (χ3n) is 5.35. The summed E-state index contributed by atoms with van der Waals surface area (Å²) in [6.45, 7) is 5.62. The fourth-order valence-electron chi connectivity index (χ4n) is 3.89. The van der Waals surface area contributed by atoms with Gasteiger partial charge in [0, 0.05) is 37.5 Å². The van der Waals surface area contributed by atoms with E-state index in [0.717, 1.165) is 22.9 Å². The summed E-state index contributed by atoms with van der Waals surface area (Å²) < 4.78 is 3.80. The Balaban J connectivity index is 1.56. The Labute approximate surface area is 165 Å². The van der Waals surface area contributed by atoms with Gasteiger partial charge in [0.2, 0.25) is 5.91 Å². The number of benzene rings is 1. The van der Waals surface area contributed by atoms with Crippen LogP contribution in [0.25, 0.3) is 11.4 Å². The van der Waals surface area contributed by atoms with Crippen LogP contribution >= 0.6 is 0 Å². The smallest absolute Gasteiger partial charge is 0.223 e. The molecule has 3 heterocycles. The minimum atomic E-state index is -0.0576. The zero-order valence-corrected chi connectivity index (χ0v) is 16.6. The van der Waals surface area contributed by atoms with E-state index in [2.05, 4.69) is 18.9 Å². The van der Waals surface area contributed by atoms with Gasteiger partial charge in [-0.15, -0.1) is 0 Å². The Kier molecular flexibility index (Phi) is 4.98. The molecule has 0 bridgehead atoms. The second-order valence-electron chi connectivity index (χ2n) is 7.60. The largest absolute Gasteiger partial charge is 0.330 e. The van der Waals surface area contributed by atoms with E-state index >= 15 is 0 Å². The van der Waals surface area contributed by atoms with E-state index in [4.69, 9.17) is 10.1 Å². The molecule has 0 N–H and O–H groups in total. The highest BCUT2D eigenvalue weighted by molar-refractivity contribution is 5.77. The van der Waals surface area contributed by atoms with Gasteiger partial charge >= 0.3 is 0 Å². The number of fused-ring (bicyclic) bond motifs is 1. The van der Waals surface area contributed by atoms with Crippen LogP contribution < -0.4 is 0 Å². The molecule has 4 rings (SSSR count). The van der Waals surface area contributed by atoms with Crippen LogP contribution in [0, 0.1) is 5.92 Å².